The molecule has 2 rings (SSSR count). The van der Waals surface area contributed by atoms with E-state index in [1.165, 1.54) is 0 Å². The van der Waals surface area contributed by atoms with Crippen LogP contribution in [0.1, 0.15) is 6.42 Å². The van der Waals surface area contributed by atoms with E-state index in [-0.39, 0.29) is 5.60 Å². The lowest BCUT2D eigenvalue weighted by Gasteiger charge is -1.66. The molecule has 1 saturated carbocycles. The molecule has 34 valence electrons. The Morgan fingerprint density at radius 1 is 1.83 bits per heavy atom. The fourth-order valence-electron chi connectivity index (χ4n) is 0.636. The van der Waals surface area contributed by atoms with Gasteiger partial charge < -0.3 is 4.74 Å². The van der Waals surface area contributed by atoms with E-state index in [1.807, 2.05) is 0 Å². The molecule has 1 heterocycles. The van der Waals surface area contributed by atoms with Crippen LogP contribution in [0.25, 0.3) is 0 Å². The fraction of sp³-hybridized carbons (Fsp3) is 1.00. The maximum absolute atomic E-state index is 5.61. The predicted octanol–water partition coefficient (Wildman–Crippen LogP) is 0.767. The molecule has 0 aromatic rings. The van der Waals surface area contributed by atoms with E-state index in [4.69, 9.17) is 16.3 Å². The van der Waals surface area contributed by atoms with Crippen LogP contribution in [0.15, 0.2) is 0 Å². The summed E-state index contributed by atoms with van der Waals surface area (Å²) in [6.45, 7) is 0.918. The summed E-state index contributed by atoms with van der Waals surface area (Å²) in [7, 11) is 0. The largest absolute Gasteiger partial charge is 0.368 e. The van der Waals surface area contributed by atoms with Gasteiger partial charge in [-0.25, -0.2) is 0 Å². The first-order valence-electron chi connectivity index (χ1n) is 2.12. The van der Waals surface area contributed by atoms with Crippen LogP contribution in [-0.2, 0) is 4.74 Å². The van der Waals surface area contributed by atoms with Gasteiger partial charge in [-0.15, -0.1) is 11.6 Å². The zero-order chi connectivity index (χ0) is 4.20. The van der Waals surface area contributed by atoms with Crippen molar-refractivity contribution in [3.05, 3.63) is 0 Å². The average molecular weight is 105 g/mol. The summed E-state index contributed by atoms with van der Waals surface area (Å²) in [4.78, 5) is 0. The highest BCUT2D eigenvalue weighted by atomic mass is 35.5. The molecule has 0 amide bonds. The SMILES string of the molecule is ClC1CC12CO2. The molecule has 2 fully saturated rings. The second kappa shape index (κ2) is 0.632. The van der Waals surface area contributed by atoms with Gasteiger partial charge in [0.15, 0.2) is 0 Å². The highest BCUT2D eigenvalue weighted by molar-refractivity contribution is 6.24. The summed E-state index contributed by atoms with van der Waals surface area (Å²) in [5, 5.41) is 0.359. The molecule has 1 spiro atoms. The lowest BCUT2D eigenvalue weighted by molar-refractivity contribution is 0.399. The second-order valence-electron chi connectivity index (χ2n) is 2.03. The van der Waals surface area contributed by atoms with E-state index < -0.39 is 0 Å². The van der Waals surface area contributed by atoms with Crippen molar-refractivity contribution in [2.75, 3.05) is 6.61 Å². The number of hydrogen-bond acceptors (Lipinski definition) is 1. The number of epoxide rings is 1. The van der Waals surface area contributed by atoms with Crippen LogP contribution in [0, 0.1) is 0 Å². The van der Waals surface area contributed by atoms with Crippen LogP contribution < -0.4 is 0 Å². The third-order valence-corrected chi connectivity index (χ3v) is 2.00. The summed E-state index contributed by atoms with van der Waals surface area (Å²) in [5.41, 5.74) is 0.224. The van der Waals surface area contributed by atoms with E-state index in [2.05, 4.69) is 0 Å². The standard InChI is InChI=1S/C4H5ClO/c5-3-1-4(3)2-6-4/h3H,1-2H2. The predicted molar refractivity (Wildman–Crippen MR) is 22.9 cm³/mol. The van der Waals surface area contributed by atoms with Gasteiger partial charge in [0.2, 0.25) is 0 Å². The number of rotatable bonds is 0. The minimum absolute atomic E-state index is 0.224. The summed E-state index contributed by atoms with van der Waals surface area (Å²) in [6.07, 6.45) is 1.09. The van der Waals surface area contributed by atoms with Gasteiger partial charge >= 0.3 is 0 Å². The Labute approximate surface area is 41.2 Å². The lowest BCUT2D eigenvalue weighted by atomic mass is 10.5. The Kier molecular flexibility index (Phi) is 0.345. The van der Waals surface area contributed by atoms with Crippen molar-refractivity contribution in [3.63, 3.8) is 0 Å². The molecule has 1 aliphatic carbocycles. The van der Waals surface area contributed by atoms with Crippen molar-refractivity contribution in [1.29, 1.82) is 0 Å². The monoisotopic (exact) mass is 104 g/mol. The van der Waals surface area contributed by atoms with Crippen LogP contribution in [0.2, 0.25) is 0 Å². The zero-order valence-corrected chi connectivity index (χ0v) is 4.03. The van der Waals surface area contributed by atoms with E-state index in [0.29, 0.717) is 5.38 Å². The van der Waals surface area contributed by atoms with Gasteiger partial charge in [0.25, 0.3) is 0 Å². The maximum atomic E-state index is 5.61. The normalized spacial score (nSPS) is 62.5. The van der Waals surface area contributed by atoms with Crippen molar-refractivity contribution in [1.82, 2.24) is 0 Å². The molecule has 2 aliphatic rings. The summed E-state index contributed by atoms with van der Waals surface area (Å²) in [6, 6.07) is 0. The van der Waals surface area contributed by atoms with Crippen molar-refractivity contribution in [3.8, 4) is 0 Å². The van der Waals surface area contributed by atoms with Crippen molar-refractivity contribution < 1.29 is 4.74 Å². The molecule has 0 aromatic heterocycles. The molecule has 6 heavy (non-hydrogen) atoms. The molecule has 1 aliphatic heterocycles. The van der Waals surface area contributed by atoms with E-state index in [9.17, 15) is 0 Å². The first-order valence-corrected chi connectivity index (χ1v) is 2.55. The molecule has 2 unspecified atom stereocenters. The molecule has 2 atom stereocenters. The number of halogens is 1. The van der Waals surface area contributed by atoms with Gasteiger partial charge in [-0.05, 0) is 6.42 Å². The average Bonchev–Trinajstić information content (AvgIpc) is 2.25. The Morgan fingerprint density at radius 3 is 2.33 bits per heavy atom. The van der Waals surface area contributed by atoms with Gasteiger partial charge in [-0.1, -0.05) is 0 Å². The molecule has 0 radical (unpaired) electrons. The van der Waals surface area contributed by atoms with Gasteiger partial charge in [0.05, 0.1) is 12.0 Å². The first kappa shape index (κ1) is 3.28. The topological polar surface area (TPSA) is 12.5 Å². The minimum Gasteiger partial charge on any atom is -0.368 e. The van der Waals surface area contributed by atoms with Crippen molar-refractivity contribution in [2.24, 2.45) is 0 Å². The van der Waals surface area contributed by atoms with Crippen LogP contribution in [-0.4, -0.2) is 17.6 Å². The fourth-order valence-corrected chi connectivity index (χ4v) is 1.02. The number of ether oxygens (including phenoxy) is 1. The highest BCUT2D eigenvalue weighted by Gasteiger charge is 2.65. The van der Waals surface area contributed by atoms with E-state index in [1.54, 1.807) is 0 Å². The number of hydrogen-bond donors (Lipinski definition) is 0. The third-order valence-electron chi connectivity index (χ3n) is 1.45. The van der Waals surface area contributed by atoms with Crippen LogP contribution >= 0.6 is 11.6 Å². The Hall–Kier alpha value is 0.250. The first-order chi connectivity index (χ1) is 2.83. The van der Waals surface area contributed by atoms with E-state index >= 15 is 0 Å². The molecule has 1 nitrogen and oxygen atoms in total. The molecular weight excluding hydrogens is 99.5 g/mol. The minimum atomic E-state index is 0.224. The Balaban J connectivity index is 2.17. The quantitative estimate of drug-likeness (QED) is 0.327. The van der Waals surface area contributed by atoms with Crippen molar-refractivity contribution >= 4 is 11.6 Å². The Morgan fingerprint density at radius 2 is 2.33 bits per heavy atom. The third kappa shape index (κ3) is 0.221. The molecule has 0 bridgehead atoms. The summed E-state index contributed by atoms with van der Waals surface area (Å²) < 4.78 is 4.99. The molecule has 0 aromatic carbocycles. The highest BCUT2D eigenvalue weighted by Crippen LogP contribution is 2.54. The maximum Gasteiger partial charge on any atom is 0.109 e. The van der Waals surface area contributed by atoms with Crippen LogP contribution in [0.4, 0.5) is 0 Å². The molecule has 0 N–H and O–H groups in total. The van der Waals surface area contributed by atoms with Crippen molar-refractivity contribution in [2.45, 2.75) is 17.4 Å². The Bertz CT molecular complexity index is 87.5. The second-order valence-corrected chi connectivity index (χ2v) is 2.55. The molecule has 2 heteroatoms. The lowest BCUT2D eigenvalue weighted by Crippen LogP contribution is -1.81. The summed E-state index contributed by atoms with van der Waals surface area (Å²) >= 11 is 5.61. The van der Waals surface area contributed by atoms with Gasteiger partial charge in [0, 0.05) is 0 Å². The van der Waals surface area contributed by atoms with Gasteiger partial charge in [-0.3, -0.25) is 0 Å². The van der Waals surface area contributed by atoms with Crippen LogP contribution in [0.3, 0.4) is 0 Å². The smallest absolute Gasteiger partial charge is 0.109 e. The van der Waals surface area contributed by atoms with Gasteiger partial charge in [-0.2, -0.15) is 0 Å². The molecule has 1 saturated heterocycles. The number of alkyl halides is 1. The zero-order valence-electron chi connectivity index (χ0n) is 3.28. The van der Waals surface area contributed by atoms with E-state index in [0.717, 1.165) is 13.0 Å². The van der Waals surface area contributed by atoms with Gasteiger partial charge in [0.1, 0.15) is 5.60 Å². The molecular formula is C4H5ClO. The van der Waals surface area contributed by atoms with Crippen LogP contribution in [0.5, 0.6) is 0 Å². The summed E-state index contributed by atoms with van der Waals surface area (Å²) in [5.74, 6) is 0.